The van der Waals surface area contributed by atoms with Crippen LogP contribution in [0, 0.1) is 5.82 Å². The van der Waals surface area contributed by atoms with Gasteiger partial charge in [-0.2, -0.15) is 13.2 Å². The van der Waals surface area contributed by atoms with Gasteiger partial charge in [0.2, 0.25) is 0 Å². The van der Waals surface area contributed by atoms with Gasteiger partial charge in [0.25, 0.3) is 0 Å². The topological polar surface area (TPSA) is 52.0 Å². The van der Waals surface area contributed by atoms with Crippen molar-refractivity contribution < 1.29 is 17.6 Å². The van der Waals surface area contributed by atoms with Crippen molar-refractivity contribution in [2.45, 2.75) is 6.18 Å². The van der Waals surface area contributed by atoms with Gasteiger partial charge in [-0.05, 0) is 12.1 Å². The van der Waals surface area contributed by atoms with Gasteiger partial charge in [0.05, 0.1) is 0 Å². The van der Waals surface area contributed by atoms with E-state index >= 15 is 0 Å². The van der Waals surface area contributed by atoms with Crippen molar-refractivity contribution in [1.29, 1.82) is 0 Å². The molecule has 4 N–H and O–H groups in total. The lowest BCUT2D eigenvalue weighted by Crippen LogP contribution is -2.12. The lowest BCUT2D eigenvalue weighted by atomic mass is 10.1. The summed E-state index contributed by atoms with van der Waals surface area (Å²) >= 11 is 0. The van der Waals surface area contributed by atoms with E-state index in [1.807, 2.05) is 0 Å². The fourth-order valence-electron chi connectivity index (χ4n) is 0.977. The number of benzene rings is 1. The van der Waals surface area contributed by atoms with Crippen LogP contribution in [0.5, 0.6) is 0 Å². The van der Waals surface area contributed by atoms with Gasteiger partial charge in [-0.25, -0.2) is 4.39 Å². The fraction of sp³-hybridized carbons (Fsp3) is 0.143. The molecule has 0 aliphatic carbocycles. The second-order valence-corrected chi connectivity index (χ2v) is 2.46. The normalized spacial score (nSPS) is 11.7. The van der Waals surface area contributed by atoms with E-state index < -0.39 is 28.9 Å². The molecule has 0 bridgehead atoms. The summed E-state index contributed by atoms with van der Waals surface area (Å²) < 4.78 is 48.9. The third kappa shape index (κ3) is 1.82. The number of rotatable bonds is 0. The Kier molecular flexibility index (Phi) is 2.07. The van der Waals surface area contributed by atoms with Gasteiger partial charge in [0.1, 0.15) is 11.4 Å². The van der Waals surface area contributed by atoms with E-state index in [9.17, 15) is 17.6 Å². The Morgan fingerprint density at radius 1 is 1.00 bits per heavy atom. The molecule has 6 heteroatoms. The highest BCUT2D eigenvalue weighted by atomic mass is 19.4. The van der Waals surface area contributed by atoms with Crippen LogP contribution in [0.25, 0.3) is 0 Å². The van der Waals surface area contributed by atoms with Crippen molar-refractivity contribution in [2.24, 2.45) is 0 Å². The molecule has 0 saturated carbocycles. The van der Waals surface area contributed by atoms with E-state index in [1.54, 1.807) is 0 Å². The summed E-state index contributed by atoms with van der Waals surface area (Å²) in [5, 5.41) is 0. The Morgan fingerprint density at radius 2 is 1.38 bits per heavy atom. The summed E-state index contributed by atoms with van der Waals surface area (Å²) in [7, 11) is 0. The molecular formula is C7H6F4N2. The molecule has 1 aromatic rings. The highest BCUT2D eigenvalue weighted by Gasteiger charge is 2.35. The smallest absolute Gasteiger partial charge is 0.398 e. The van der Waals surface area contributed by atoms with Crippen molar-refractivity contribution >= 4 is 11.4 Å². The van der Waals surface area contributed by atoms with Crippen molar-refractivity contribution in [2.75, 3.05) is 11.5 Å². The van der Waals surface area contributed by atoms with Crippen molar-refractivity contribution in [3.63, 3.8) is 0 Å². The molecule has 0 saturated heterocycles. The number of nitrogen functional groups attached to an aromatic ring is 2. The molecule has 1 aromatic carbocycles. The zero-order valence-corrected chi connectivity index (χ0v) is 6.32. The van der Waals surface area contributed by atoms with Crippen LogP contribution in [0.3, 0.4) is 0 Å². The van der Waals surface area contributed by atoms with E-state index in [0.29, 0.717) is 12.1 Å². The molecule has 1 rings (SSSR count). The van der Waals surface area contributed by atoms with Crippen LogP contribution in [-0.4, -0.2) is 0 Å². The van der Waals surface area contributed by atoms with Crippen LogP contribution < -0.4 is 11.5 Å². The molecule has 72 valence electrons. The second-order valence-electron chi connectivity index (χ2n) is 2.46. The van der Waals surface area contributed by atoms with Crippen molar-refractivity contribution in [3.05, 3.63) is 23.5 Å². The highest BCUT2D eigenvalue weighted by Crippen LogP contribution is 2.37. The number of hydrogen-bond donors (Lipinski definition) is 2. The summed E-state index contributed by atoms with van der Waals surface area (Å²) in [5.74, 6) is -0.886. The first-order chi connectivity index (χ1) is 5.82. The molecule has 13 heavy (non-hydrogen) atoms. The number of halogens is 4. The van der Waals surface area contributed by atoms with Crippen molar-refractivity contribution in [3.8, 4) is 0 Å². The Labute approximate surface area is 71.1 Å². The maximum absolute atomic E-state index is 12.5. The third-order valence-electron chi connectivity index (χ3n) is 1.45. The first-order valence-electron chi connectivity index (χ1n) is 3.24. The molecule has 0 unspecified atom stereocenters. The van der Waals surface area contributed by atoms with Gasteiger partial charge < -0.3 is 11.5 Å². The summed E-state index contributed by atoms with van der Waals surface area (Å²) in [6.45, 7) is 0. The minimum Gasteiger partial charge on any atom is -0.398 e. The molecule has 2 nitrogen and oxygen atoms in total. The van der Waals surface area contributed by atoms with Gasteiger partial charge in [-0.15, -0.1) is 0 Å². The molecule has 0 spiro atoms. The molecule has 0 heterocycles. The van der Waals surface area contributed by atoms with E-state index in [-0.39, 0.29) is 0 Å². The minimum atomic E-state index is -4.65. The Balaban J connectivity index is 3.38. The number of hydrogen-bond acceptors (Lipinski definition) is 2. The third-order valence-corrected chi connectivity index (χ3v) is 1.45. The van der Waals surface area contributed by atoms with Gasteiger partial charge >= 0.3 is 6.18 Å². The molecule has 0 fully saturated rings. The standard InChI is InChI=1S/C7H6F4N2/c8-3-1-4(12)6(5(13)2-3)7(9,10)11/h1-2H,12-13H2. The van der Waals surface area contributed by atoms with Crippen molar-refractivity contribution in [1.82, 2.24) is 0 Å². The van der Waals surface area contributed by atoms with Gasteiger partial charge in [0, 0.05) is 11.4 Å². The van der Waals surface area contributed by atoms with E-state index in [2.05, 4.69) is 0 Å². The summed E-state index contributed by atoms with van der Waals surface area (Å²) in [4.78, 5) is 0. The van der Waals surface area contributed by atoms with Crippen LogP contribution in [0.15, 0.2) is 12.1 Å². The summed E-state index contributed by atoms with van der Waals surface area (Å²) in [5.41, 5.74) is 7.34. The zero-order chi connectivity index (χ0) is 10.2. The summed E-state index contributed by atoms with van der Waals surface area (Å²) in [6, 6.07) is 1.17. The van der Waals surface area contributed by atoms with Crippen LogP contribution in [-0.2, 0) is 6.18 Å². The molecule has 0 aliphatic heterocycles. The number of alkyl halides is 3. The van der Waals surface area contributed by atoms with Gasteiger partial charge in [0.15, 0.2) is 0 Å². The van der Waals surface area contributed by atoms with Crippen LogP contribution >= 0.6 is 0 Å². The summed E-state index contributed by atoms with van der Waals surface area (Å²) in [6.07, 6.45) is -4.65. The molecule has 0 radical (unpaired) electrons. The van der Waals surface area contributed by atoms with Crippen LogP contribution in [0.1, 0.15) is 5.56 Å². The SMILES string of the molecule is Nc1cc(F)cc(N)c1C(F)(F)F. The van der Waals surface area contributed by atoms with E-state index in [4.69, 9.17) is 11.5 Å². The highest BCUT2D eigenvalue weighted by molar-refractivity contribution is 5.62. The number of anilines is 2. The first kappa shape index (κ1) is 9.63. The average Bonchev–Trinajstić information content (AvgIpc) is 1.78. The second kappa shape index (κ2) is 2.79. The van der Waals surface area contributed by atoms with E-state index in [0.717, 1.165) is 0 Å². The number of nitrogens with two attached hydrogens (primary N) is 2. The van der Waals surface area contributed by atoms with Crippen LogP contribution in [0.2, 0.25) is 0 Å². The average molecular weight is 194 g/mol. The molecule has 0 atom stereocenters. The molecular weight excluding hydrogens is 188 g/mol. The maximum atomic E-state index is 12.5. The first-order valence-corrected chi connectivity index (χ1v) is 3.24. The Bertz CT molecular complexity index is 309. The Morgan fingerprint density at radius 3 is 1.69 bits per heavy atom. The minimum absolute atomic E-state index is 0.583. The Hall–Kier alpha value is -1.46. The molecule has 0 amide bonds. The molecule has 0 aromatic heterocycles. The predicted octanol–water partition coefficient (Wildman–Crippen LogP) is 2.01. The monoisotopic (exact) mass is 194 g/mol. The lowest BCUT2D eigenvalue weighted by Gasteiger charge is -2.12. The lowest BCUT2D eigenvalue weighted by molar-refractivity contribution is -0.136. The van der Waals surface area contributed by atoms with Gasteiger partial charge in [-0.3, -0.25) is 0 Å². The maximum Gasteiger partial charge on any atom is 0.420 e. The fourth-order valence-corrected chi connectivity index (χ4v) is 0.977. The van der Waals surface area contributed by atoms with Crippen LogP contribution in [0.4, 0.5) is 28.9 Å². The zero-order valence-electron chi connectivity index (χ0n) is 6.32. The predicted molar refractivity (Wildman–Crippen MR) is 40.2 cm³/mol. The van der Waals surface area contributed by atoms with E-state index in [1.165, 1.54) is 0 Å². The molecule has 0 aliphatic rings. The van der Waals surface area contributed by atoms with Gasteiger partial charge in [-0.1, -0.05) is 0 Å². The largest absolute Gasteiger partial charge is 0.420 e. The quantitative estimate of drug-likeness (QED) is 0.490.